The van der Waals surface area contributed by atoms with E-state index in [1.807, 2.05) is 6.92 Å². The summed E-state index contributed by atoms with van der Waals surface area (Å²) >= 11 is 2.86. The second-order valence-electron chi connectivity index (χ2n) is 6.00. The summed E-state index contributed by atoms with van der Waals surface area (Å²) in [5.74, 6) is -0.197. The number of hydrogen-bond donors (Lipinski definition) is 0. The van der Waals surface area contributed by atoms with Crippen LogP contribution in [0.3, 0.4) is 0 Å². The van der Waals surface area contributed by atoms with Crippen LogP contribution in [0.1, 0.15) is 30.2 Å². The maximum absolute atomic E-state index is 13.1. The van der Waals surface area contributed by atoms with Gasteiger partial charge in [-0.1, -0.05) is 23.9 Å². The maximum atomic E-state index is 13.1. The van der Waals surface area contributed by atoms with Crippen molar-refractivity contribution in [3.8, 4) is 0 Å². The lowest BCUT2D eigenvalue weighted by atomic mass is 9.97. The number of aromatic nitrogens is 2. The zero-order chi connectivity index (χ0) is 17.3. The van der Waals surface area contributed by atoms with Gasteiger partial charge in [-0.2, -0.15) is 0 Å². The molecule has 0 spiro atoms. The van der Waals surface area contributed by atoms with Crippen molar-refractivity contribution in [3.63, 3.8) is 0 Å². The second kappa shape index (κ2) is 7.11. The van der Waals surface area contributed by atoms with Crippen molar-refractivity contribution >= 4 is 39.3 Å². The quantitative estimate of drug-likeness (QED) is 0.353. The third-order valence-corrected chi connectivity index (χ3v) is 6.15. The average molecular weight is 364 g/mol. The van der Waals surface area contributed by atoms with E-state index in [-0.39, 0.29) is 17.3 Å². The van der Waals surface area contributed by atoms with Gasteiger partial charge in [0.2, 0.25) is 0 Å². The highest BCUT2D eigenvalue weighted by atomic mass is 32.2. The predicted octanol–water partition coefficient (Wildman–Crippen LogP) is 3.18. The number of allylic oxidation sites excluding steroid dienone is 1. The molecule has 7 heteroatoms. The van der Waals surface area contributed by atoms with Crippen LogP contribution in [0, 0.1) is 0 Å². The molecular weight excluding hydrogens is 344 g/mol. The molecule has 0 amide bonds. The number of hydrogen-bond acceptors (Lipinski definition) is 6. The summed E-state index contributed by atoms with van der Waals surface area (Å²) in [6.45, 7) is 6.21. The molecule has 0 aliphatic heterocycles. The van der Waals surface area contributed by atoms with Crippen LogP contribution in [0.15, 0.2) is 22.1 Å². The van der Waals surface area contributed by atoms with Gasteiger partial charge in [0.05, 0.1) is 18.2 Å². The van der Waals surface area contributed by atoms with Crippen molar-refractivity contribution in [2.45, 2.75) is 44.3 Å². The molecule has 2 heterocycles. The van der Waals surface area contributed by atoms with Gasteiger partial charge in [0, 0.05) is 11.4 Å². The van der Waals surface area contributed by atoms with E-state index in [9.17, 15) is 9.59 Å². The van der Waals surface area contributed by atoms with Crippen LogP contribution in [-0.2, 0) is 28.9 Å². The smallest absolute Gasteiger partial charge is 0.316 e. The summed E-state index contributed by atoms with van der Waals surface area (Å²) in [4.78, 5) is 31.3. The van der Waals surface area contributed by atoms with Crippen LogP contribution in [0.5, 0.6) is 0 Å². The minimum absolute atomic E-state index is 0.0187. The number of rotatable bonds is 5. The molecule has 0 saturated heterocycles. The van der Waals surface area contributed by atoms with Gasteiger partial charge in [-0.15, -0.1) is 11.3 Å². The molecule has 1 aliphatic rings. The van der Waals surface area contributed by atoms with Crippen LogP contribution < -0.4 is 5.56 Å². The standard InChI is InChI=1S/C17H20N2O3S2/c1-10(2)8-19-16(21)14-11-6-4-5-7-12(11)24-15(14)18-17(19)23-9-13(20)22-3/h1,4-9H2,2-3H3. The van der Waals surface area contributed by atoms with E-state index in [2.05, 4.69) is 11.3 Å². The first-order chi connectivity index (χ1) is 11.5. The fraction of sp³-hybridized carbons (Fsp3) is 0.471. The van der Waals surface area contributed by atoms with Crippen molar-refractivity contribution in [2.24, 2.45) is 0 Å². The van der Waals surface area contributed by atoms with Gasteiger partial charge < -0.3 is 4.74 Å². The Bertz CT molecular complexity index is 867. The number of ether oxygens (including phenoxy) is 1. The molecule has 0 saturated carbocycles. The van der Waals surface area contributed by atoms with E-state index in [0.29, 0.717) is 11.7 Å². The van der Waals surface area contributed by atoms with Gasteiger partial charge in [0.1, 0.15) is 4.83 Å². The Hall–Kier alpha value is -1.60. The lowest BCUT2D eigenvalue weighted by molar-refractivity contribution is -0.137. The third kappa shape index (κ3) is 3.28. The zero-order valence-electron chi connectivity index (χ0n) is 13.9. The maximum Gasteiger partial charge on any atom is 0.316 e. The lowest BCUT2D eigenvalue weighted by Gasteiger charge is -2.13. The van der Waals surface area contributed by atoms with Gasteiger partial charge >= 0.3 is 5.97 Å². The topological polar surface area (TPSA) is 61.2 Å². The Morgan fingerprint density at radius 1 is 1.42 bits per heavy atom. The summed E-state index contributed by atoms with van der Waals surface area (Å²) < 4.78 is 6.33. The van der Waals surface area contributed by atoms with Crippen LogP contribution in [0.25, 0.3) is 10.2 Å². The van der Waals surface area contributed by atoms with Gasteiger partial charge in [0.25, 0.3) is 5.56 Å². The molecule has 0 aromatic carbocycles. The number of esters is 1. The molecule has 0 unspecified atom stereocenters. The average Bonchev–Trinajstić information content (AvgIpc) is 2.93. The number of thioether (sulfide) groups is 1. The number of methoxy groups -OCH3 is 1. The summed E-state index contributed by atoms with van der Waals surface area (Å²) in [6.07, 6.45) is 4.27. The first kappa shape index (κ1) is 17.2. The van der Waals surface area contributed by atoms with E-state index in [1.54, 1.807) is 15.9 Å². The molecule has 0 atom stereocenters. The highest BCUT2D eigenvalue weighted by Gasteiger charge is 2.22. The largest absolute Gasteiger partial charge is 0.468 e. The minimum atomic E-state index is -0.332. The third-order valence-electron chi connectivity index (χ3n) is 4.01. The Kier molecular flexibility index (Phi) is 5.10. The Morgan fingerprint density at radius 2 is 2.17 bits per heavy atom. The first-order valence-corrected chi connectivity index (χ1v) is 9.70. The summed E-state index contributed by atoms with van der Waals surface area (Å²) in [5, 5.41) is 1.32. The van der Waals surface area contributed by atoms with Crippen molar-refractivity contribution in [2.75, 3.05) is 12.9 Å². The fourth-order valence-electron chi connectivity index (χ4n) is 2.92. The van der Waals surface area contributed by atoms with E-state index < -0.39 is 0 Å². The molecule has 3 rings (SSSR count). The normalized spacial score (nSPS) is 13.8. The monoisotopic (exact) mass is 364 g/mol. The molecule has 0 fully saturated rings. The lowest BCUT2D eigenvalue weighted by Crippen LogP contribution is -2.24. The molecule has 0 radical (unpaired) electrons. The molecule has 2 aromatic heterocycles. The van der Waals surface area contributed by atoms with Crippen molar-refractivity contribution in [1.29, 1.82) is 0 Å². The van der Waals surface area contributed by atoms with Crippen molar-refractivity contribution < 1.29 is 9.53 Å². The summed E-state index contributed by atoms with van der Waals surface area (Å²) in [6, 6.07) is 0. The predicted molar refractivity (Wildman–Crippen MR) is 98.1 cm³/mol. The van der Waals surface area contributed by atoms with Crippen LogP contribution in [0.4, 0.5) is 0 Å². The van der Waals surface area contributed by atoms with E-state index in [0.717, 1.165) is 35.1 Å². The Labute approximate surface area is 148 Å². The molecule has 24 heavy (non-hydrogen) atoms. The molecule has 0 N–H and O–H groups in total. The number of carbonyl (C=O) groups excluding carboxylic acids is 1. The number of aryl methyl sites for hydroxylation is 2. The van der Waals surface area contributed by atoms with Gasteiger partial charge in [-0.05, 0) is 38.2 Å². The molecule has 0 bridgehead atoms. The van der Waals surface area contributed by atoms with Gasteiger partial charge in [0.15, 0.2) is 5.16 Å². The van der Waals surface area contributed by atoms with Crippen molar-refractivity contribution in [1.82, 2.24) is 9.55 Å². The van der Waals surface area contributed by atoms with E-state index >= 15 is 0 Å². The highest BCUT2D eigenvalue weighted by Crippen LogP contribution is 2.34. The van der Waals surface area contributed by atoms with Gasteiger partial charge in [-0.25, -0.2) is 4.98 Å². The number of thiophene rings is 1. The molecule has 128 valence electrons. The molecule has 1 aliphatic carbocycles. The summed E-state index contributed by atoms with van der Waals surface area (Å²) in [7, 11) is 1.35. The Morgan fingerprint density at radius 3 is 2.88 bits per heavy atom. The van der Waals surface area contributed by atoms with Gasteiger partial charge in [-0.3, -0.25) is 14.2 Å². The number of nitrogens with zero attached hydrogens (tertiary/aromatic N) is 2. The Balaban J connectivity index is 2.13. The fourth-order valence-corrected chi connectivity index (χ4v) is 5.06. The molecule has 5 nitrogen and oxygen atoms in total. The SMILES string of the molecule is C=C(C)Cn1c(SCC(=O)OC)nc2sc3c(c2c1=O)CCCC3. The number of fused-ring (bicyclic) bond motifs is 3. The summed E-state index contributed by atoms with van der Waals surface area (Å²) in [5.41, 5.74) is 2.04. The van der Waals surface area contributed by atoms with Crippen LogP contribution in [-0.4, -0.2) is 28.4 Å². The van der Waals surface area contributed by atoms with E-state index in [4.69, 9.17) is 4.98 Å². The highest BCUT2D eigenvalue weighted by molar-refractivity contribution is 7.99. The minimum Gasteiger partial charge on any atom is -0.468 e. The van der Waals surface area contributed by atoms with Crippen LogP contribution in [0.2, 0.25) is 0 Å². The van der Waals surface area contributed by atoms with Crippen molar-refractivity contribution in [3.05, 3.63) is 32.9 Å². The van der Waals surface area contributed by atoms with Crippen LogP contribution >= 0.6 is 23.1 Å². The second-order valence-corrected chi connectivity index (χ2v) is 8.02. The zero-order valence-corrected chi connectivity index (χ0v) is 15.5. The first-order valence-electron chi connectivity index (χ1n) is 7.90. The number of carbonyl (C=O) groups is 1. The molecule has 2 aromatic rings. The molecular formula is C17H20N2O3S2. The van der Waals surface area contributed by atoms with E-state index in [1.165, 1.54) is 35.7 Å².